The Hall–Kier alpha value is -0.610. The molecule has 1 atom stereocenters. The lowest BCUT2D eigenvalue weighted by Crippen LogP contribution is -2.29. The molecule has 4 heteroatoms. The molecular weight excluding hydrogens is 230 g/mol. The highest BCUT2D eigenvalue weighted by atomic mass is 32.1. The maximum absolute atomic E-state index is 5.86. The smallest absolute Gasteiger partial charge is 0.185 e. The summed E-state index contributed by atoms with van der Waals surface area (Å²) in [5.74, 6) is 0.522. The molecule has 0 saturated carbocycles. The number of nitrogens with two attached hydrogens (primary N) is 1. The highest BCUT2D eigenvalue weighted by molar-refractivity contribution is 7.15. The van der Waals surface area contributed by atoms with Crippen LogP contribution in [0.3, 0.4) is 0 Å². The van der Waals surface area contributed by atoms with Crippen molar-refractivity contribution in [2.24, 2.45) is 5.73 Å². The van der Waals surface area contributed by atoms with E-state index in [0.717, 1.165) is 6.54 Å². The van der Waals surface area contributed by atoms with E-state index in [1.807, 2.05) is 11.3 Å². The summed E-state index contributed by atoms with van der Waals surface area (Å²) in [6.07, 6.45) is 7.77. The maximum atomic E-state index is 5.86. The average Bonchev–Trinajstić information content (AvgIpc) is 2.83. The third-order valence-electron chi connectivity index (χ3n) is 3.97. The molecule has 1 aromatic rings. The normalized spacial score (nSPS) is 24.8. The number of hydrogen-bond donors (Lipinski definition) is 1. The van der Waals surface area contributed by atoms with Crippen molar-refractivity contribution in [2.75, 3.05) is 24.5 Å². The van der Waals surface area contributed by atoms with Crippen LogP contribution >= 0.6 is 11.3 Å². The minimum atomic E-state index is 0.522. The van der Waals surface area contributed by atoms with Crippen molar-refractivity contribution in [1.82, 2.24) is 4.98 Å². The van der Waals surface area contributed by atoms with E-state index in [2.05, 4.69) is 4.90 Å². The molecule has 1 saturated heterocycles. The van der Waals surface area contributed by atoms with Gasteiger partial charge < -0.3 is 10.6 Å². The van der Waals surface area contributed by atoms with Gasteiger partial charge in [-0.15, -0.1) is 11.3 Å². The van der Waals surface area contributed by atoms with E-state index >= 15 is 0 Å². The van der Waals surface area contributed by atoms with E-state index < -0.39 is 0 Å². The number of aryl methyl sites for hydroxylation is 1. The lowest BCUT2D eigenvalue weighted by atomic mass is 9.91. The number of fused-ring (bicyclic) bond motifs is 1. The standard InChI is InChI=1S/C13H21N3S/c14-9-10-5-4-6-11-12(10)15-13(17-11)16-7-2-1-3-8-16/h10H,1-9,14H2. The van der Waals surface area contributed by atoms with Crippen LogP contribution < -0.4 is 10.6 Å². The molecule has 0 aromatic carbocycles. The predicted molar refractivity (Wildman–Crippen MR) is 72.9 cm³/mol. The Morgan fingerprint density at radius 2 is 2.06 bits per heavy atom. The van der Waals surface area contributed by atoms with E-state index in [1.165, 1.54) is 67.3 Å². The second-order valence-electron chi connectivity index (χ2n) is 5.18. The van der Waals surface area contributed by atoms with Crippen LogP contribution in [0.5, 0.6) is 0 Å². The van der Waals surface area contributed by atoms with E-state index in [0.29, 0.717) is 5.92 Å². The molecule has 1 aromatic heterocycles. The maximum Gasteiger partial charge on any atom is 0.185 e. The fourth-order valence-corrected chi connectivity index (χ4v) is 4.18. The Balaban J connectivity index is 1.84. The monoisotopic (exact) mass is 251 g/mol. The van der Waals surface area contributed by atoms with Crippen LogP contribution in [0.2, 0.25) is 0 Å². The number of rotatable bonds is 2. The van der Waals surface area contributed by atoms with Gasteiger partial charge in [-0.2, -0.15) is 0 Å². The molecular formula is C13H21N3S. The van der Waals surface area contributed by atoms with Gasteiger partial charge in [0, 0.05) is 30.4 Å². The zero-order chi connectivity index (χ0) is 11.7. The molecule has 1 fully saturated rings. The lowest BCUT2D eigenvalue weighted by molar-refractivity contribution is 0.549. The average molecular weight is 251 g/mol. The highest BCUT2D eigenvalue weighted by Gasteiger charge is 2.25. The molecule has 1 aliphatic carbocycles. The molecule has 17 heavy (non-hydrogen) atoms. The quantitative estimate of drug-likeness (QED) is 0.878. The Bertz CT molecular complexity index is 382. The summed E-state index contributed by atoms with van der Waals surface area (Å²) < 4.78 is 0. The van der Waals surface area contributed by atoms with Gasteiger partial charge in [-0.1, -0.05) is 0 Å². The fraction of sp³-hybridized carbons (Fsp3) is 0.769. The molecule has 0 spiro atoms. The molecule has 3 rings (SSSR count). The third kappa shape index (κ3) is 2.20. The minimum absolute atomic E-state index is 0.522. The first-order chi connectivity index (χ1) is 8.38. The summed E-state index contributed by atoms with van der Waals surface area (Å²) >= 11 is 1.92. The van der Waals surface area contributed by atoms with E-state index in [9.17, 15) is 0 Å². The van der Waals surface area contributed by atoms with Crippen LogP contribution in [-0.2, 0) is 6.42 Å². The first kappa shape index (κ1) is 11.5. The van der Waals surface area contributed by atoms with E-state index in [4.69, 9.17) is 10.7 Å². The lowest BCUT2D eigenvalue weighted by Gasteiger charge is -2.25. The van der Waals surface area contributed by atoms with Gasteiger partial charge in [0.05, 0.1) is 5.69 Å². The molecule has 2 aliphatic rings. The zero-order valence-electron chi connectivity index (χ0n) is 10.3. The summed E-state index contributed by atoms with van der Waals surface area (Å²) in [6.45, 7) is 3.15. The summed E-state index contributed by atoms with van der Waals surface area (Å²) in [5, 5.41) is 1.26. The number of nitrogens with zero attached hydrogens (tertiary/aromatic N) is 2. The summed E-state index contributed by atoms with van der Waals surface area (Å²) in [7, 11) is 0. The van der Waals surface area contributed by atoms with Gasteiger partial charge in [-0.3, -0.25) is 0 Å². The van der Waals surface area contributed by atoms with Crippen molar-refractivity contribution in [2.45, 2.75) is 44.4 Å². The molecule has 0 bridgehead atoms. The second-order valence-corrected chi connectivity index (χ2v) is 6.24. The fourth-order valence-electron chi connectivity index (χ4n) is 2.94. The van der Waals surface area contributed by atoms with Crippen LogP contribution in [0.1, 0.15) is 48.6 Å². The number of aromatic nitrogens is 1. The summed E-state index contributed by atoms with van der Waals surface area (Å²) in [6, 6.07) is 0. The van der Waals surface area contributed by atoms with Crippen LogP contribution in [0, 0.1) is 0 Å². The first-order valence-corrected chi connectivity index (χ1v) is 7.64. The number of anilines is 1. The number of piperidine rings is 1. The van der Waals surface area contributed by atoms with Gasteiger partial charge in [0.15, 0.2) is 5.13 Å². The Morgan fingerprint density at radius 1 is 1.24 bits per heavy atom. The van der Waals surface area contributed by atoms with Crippen molar-refractivity contribution < 1.29 is 0 Å². The zero-order valence-corrected chi connectivity index (χ0v) is 11.1. The van der Waals surface area contributed by atoms with Crippen molar-refractivity contribution in [1.29, 1.82) is 0 Å². The molecule has 1 aliphatic heterocycles. The second kappa shape index (κ2) is 4.94. The largest absolute Gasteiger partial charge is 0.348 e. The summed E-state index contributed by atoms with van der Waals surface area (Å²) in [4.78, 5) is 8.87. The predicted octanol–water partition coefficient (Wildman–Crippen LogP) is 2.51. The van der Waals surface area contributed by atoms with E-state index in [-0.39, 0.29) is 0 Å². The Kier molecular flexibility index (Phi) is 3.34. The van der Waals surface area contributed by atoms with Crippen LogP contribution in [0.4, 0.5) is 5.13 Å². The SMILES string of the molecule is NCC1CCCc2sc(N3CCCCC3)nc21. The molecule has 0 radical (unpaired) electrons. The van der Waals surface area contributed by atoms with Gasteiger partial charge in [0.2, 0.25) is 0 Å². The molecule has 0 amide bonds. The summed E-state index contributed by atoms with van der Waals surface area (Å²) in [5.41, 5.74) is 7.18. The van der Waals surface area contributed by atoms with Crippen molar-refractivity contribution >= 4 is 16.5 Å². The molecule has 3 nitrogen and oxygen atoms in total. The van der Waals surface area contributed by atoms with Gasteiger partial charge in [0.25, 0.3) is 0 Å². The Labute approximate surface area is 107 Å². The van der Waals surface area contributed by atoms with Crippen molar-refractivity contribution in [3.8, 4) is 0 Å². The minimum Gasteiger partial charge on any atom is -0.348 e. The Morgan fingerprint density at radius 3 is 2.82 bits per heavy atom. The number of hydrogen-bond acceptors (Lipinski definition) is 4. The van der Waals surface area contributed by atoms with Gasteiger partial charge in [-0.25, -0.2) is 4.98 Å². The van der Waals surface area contributed by atoms with Crippen molar-refractivity contribution in [3.05, 3.63) is 10.6 Å². The molecule has 2 heterocycles. The van der Waals surface area contributed by atoms with Gasteiger partial charge in [0.1, 0.15) is 0 Å². The van der Waals surface area contributed by atoms with Crippen molar-refractivity contribution in [3.63, 3.8) is 0 Å². The number of thiazole rings is 1. The topological polar surface area (TPSA) is 42.1 Å². The third-order valence-corrected chi connectivity index (χ3v) is 5.16. The first-order valence-electron chi connectivity index (χ1n) is 6.83. The van der Waals surface area contributed by atoms with Crippen LogP contribution in [0.15, 0.2) is 0 Å². The molecule has 94 valence electrons. The van der Waals surface area contributed by atoms with Gasteiger partial charge >= 0.3 is 0 Å². The van der Waals surface area contributed by atoms with Crippen LogP contribution in [-0.4, -0.2) is 24.6 Å². The molecule has 1 unspecified atom stereocenters. The van der Waals surface area contributed by atoms with E-state index in [1.54, 1.807) is 0 Å². The molecule has 2 N–H and O–H groups in total. The van der Waals surface area contributed by atoms with Gasteiger partial charge in [-0.05, 0) is 38.5 Å². The highest BCUT2D eigenvalue weighted by Crippen LogP contribution is 2.37. The van der Waals surface area contributed by atoms with Crippen LogP contribution in [0.25, 0.3) is 0 Å².